The summed E-state index contributed by atoms with van der Waals surface area (Å²) in [5.41, 5.74) is 7.53. The lowest BCUT2D eigenvalue weighted by atomic mass is 9.65. The maximum atomic E-state index is 6.00. The Hall–Kier alpha value is -0.510. The fourth-order valence-corrected chi connectivity index (χ4v) is 3.38. The summed E-state index contributed by atoms with van der Waals surface area (Å²) < 4.78 is 5.52. The highest BCUT2D eigenvalue weighted by atomic mass is 32.2. The molecule has 1 fully saturated rings. The predicted molar refractivity (Wildman–Crippen MR) is 78.1 cm³/mol. The summed E-state index contributed by atoms with van der Waals surface area (Å²) >= 11 is 1.78. The van der Waals surface area contributed by atoms with Gasteiger partial charge in [0.05, 0.1) is 13.2 Å². The zero-order valence-electron chi connectivity index (χ0n) is 11.5. The molecule has 0 amide bonds. The molecule has 0 aliphatic carbocycles. The molecule has 1 aromatic carbocycles. The minimum Gasteiger partial charge on any atom is -0.379 e. The minimum absolute atomic E-state index is 0.139. The van der Waals surface area contributed by atoms with Crippen molar-refractivity contribution in [3.8, 4) is 0 Å². The van der Waals surface area contributed by atoms with Gasteiger partial charge in [0.15, 0.2) is 0 Å². The zero-order chi connectivity index (χ0) is 13.2. The molecule has 2 nitrogen and oxygen atoms in total. The van der Waals surface area contributed by atoms with E-state index in [1.807, 2.05) is 0 Å². The molecule has 1 aliphatic heterocycles. The second kappa shape index (κ2) is 5.64. The summed E-state index contributed by atoms with van der Waals surface area (Å²) in [6.45, 7) is 6.87. The maximum Gasteiger partial charge on any atom is 0.0588 e. The fourth-order valence-electron chi connectivity index (χ4n) is 2.98. The summed E-state index contributed by atoms with van der Waals surface area (Å²) in [6.07, 6.45) is 2.11. The van der Waals surface area contributed by atoms with Crippen LogP contribution in [0.25, 0.3) is 0 Å². The Balaban J connectivity index is 2.30. The minimum atomic E-state index is 0.139. The number of ether oxygens (including phenoxy) is 1. The Morgan fingerprint density at radius 3 is 2.22 bits per heavy atom. The highest BCUT2D eigenvalue weighted by Gasteiger charge is 2.47. The van der Waals surface area contributed by atoms with Crippen LogP contribution in [0.3, 0.4) is 0 Å². The lowest BCUT2D eigenvalue weighted by Gasteiger charge is -2.49. The molecular weight excluding hydrogens is 242 g/mol. The summed E-state index contributed by atoms with van der Waals surface area (Å²) in [5, 5.41) is 0. The molecule has 1 aromatic rings. The van der Waals surface area contributed by atoms with Gasteiger partial charge in [0.2, 0.25) is 0 Å². The van der Waals surface area contributed by atoms with Crippen molar-refractivity contribution in [2.45, 2.75) is 24.2 Å². The Labute approximate surface area is 114 Å². The average molecular weight is 265 g/mol. The third kappa shape index (κ3) is 2.31. The van der Waals surface area contributed by atoms with Crippen molar-refractivity contribution in [3.05, 3.63) is 29.8 Å². The number of hydrogen-bond acceptors (Lipinski definition) is 3. The number of rotatable bonds is 5. The highest BCUT2D eigenvalue weighted by molar-refractivity contribution is 7.98. The number of thioether (sulfide) groups is 1. The number of benzene rings is 1. The van der Waals surface area contributed by atoms with Crippen molar-refractivity contribution in [1.82, 2.24) is 0 Å². The van der Waals surface area contributed by atoms with Gasteiger partial charge in [0.1, 0.15) is 0 Å². The molecule has 1 aliphatic rings. The van der Waals surface area contributed by atoms with Crippen LogP contribution in [-0.2, 0) is 10.2 Å². The molecule has 1 unspecified atom stereocenters. The van der Waals surface area contributed by atoms with Crippen molar-refractivity contribution in [1.29, 1.82) is 0 Å². The van der Waals surface area contributed by atoms with E-state index in [-0.39, 0.29) is 5.41 Å². The van der Waals surface area contributed by atoms with E-state index in [1.165, 1.54) is 10.5 Å². The Morgan fingerprint density at radius 2 is 1.89 bits per heavy atom. The van der Waals surface area contributed by atoms with E-state index in [1.54, 1.807) is 11.8 Å². The summed E-state index contributed by atoms with van der Waals surface area (Å²) in [7, 11) is 0. The van der Waals surface area contributed by atoms with Gasteiger partial charge in [-0.3, -0.25) is 0 Å². The van der Waals surface area contributed by atoms with E-state index in [9.17, 15) is 0 Å². The van der Waals surface area contributed by atoms with Gasteiger partial charge in [-0.05, 0) is 42.3 Å². The van der Waals surface area contributed by atoms with Crippen LogP contribution in [0, 0.1) is 11.8 Å². The largest absolute Gasteiger partial charge is 0.379 e. The highest BCUT2D eigenvalue weighted by Crippen LogP contribution is 2.42. The Morgan fingerprint density at radius 1 is 1.28 bits per heavy atom. The van der Waals surface area contributed by atoms with Gasteiger partial charge in [-0.15, -0.1) is 11.8 Å². The summed E-state index contributed by atoms with van der Waals surface area (Å²) in [6, 6.07) is 8.90. The van der Waals surface area contributed by atoms with Crippen molar-refractivity contribution < 1.29 is 4.74 Å². The molecule has 2 N–H and O–H groups in total. The van der Waals surface area contributed by atoms with Crippen molar-refractivity contribution in [3.63, 3.8) is 0 Å². The molecule has 2 rings (SSSR count). The van der Waals surface area contributed by atoms with E-state index in [4.69, 9.17) is 10.5 Å². The van der Waals surface area contributed by atoms with E-state index in [0.717, 1.165) is 19.8 Å². The van der Waals surface area contributed by atoms with Crippen LogP contribution in [0.5, 0.6) is 0 Å². The van der Waals surface area contributed by atoms with Gasteiger partial charge in [-0.1, -0.05) is 26.0 Å². The SMILES string of the molecule is CSc1ccc(C2(C(CN)C(C)C)COC2)cc1. The first kappa shape index (κ1) is 13.9. The zero-order valence-corrected chi connectivity index (χ0v) is 12.3. The number of hydrogen-bond donors (Lipinski definition) is 1. The van der Waals surface area contributed by atoms with Crippen LogP contribution in [0.4, 0.5) is 0 Å². The van der Waals surface area contributed by atoms with E-state index in [0.29, 0.717) is 11.8 Å². The number of nitrogens with two attached hydrogens (primary N) is 1. The van der Waals surface area contributed by atoms with E-state index < -0.39 is 0 Å². The molecule has 0 radical (unpaired) electrons. The van der Waals surface area contributed by atoms with Crippen LogP contribution in [-0.4, -0.2) is 26.0 Å². The van der Waals surface area contributed by atoms with Crippen molar-refractivity contribution >= 4 is 11.8 Å². The molecule has 1 heterocycles. The third-order valence-corrected chi connectivity index (χ3v) is 4.90. The molecule has 100 valence electrons. The quantitative estimate of drug-likeness (QED) is 0.831. The Kier molecular flexibility index (Phi) is 4.36. The van der Waals surface area contributed by atoms with Crippen molar-refractivity contribution in [2.24, 2.45) is 17.6 Å². The molecule has 0 spiro atoms. The topological polar surface area (TPSA) is 35.2 Å². The smallest absolute Gasteiger partial charge is 0.0588 e. The van der Waals surface area contributed by atoms with Gasteiger partial charge in [-0.2, -0.15) is 0 Å². The van der Waals surface area contributed by atoms with Crippen LogP contribution in [0.15, 0.2) is 29.2 Å². The first-order chi connectivity index (χ1) is 8.64. The Bertz CT molecular complexity index is 384. The summed E-state index contributed by atoms with van der Waals surface area (Å²) in [4.78, 5) is 1.31. The predicted octanol–water partition coefficient (Wildman–Crippen LogP) is 2.91. The van der Waals surface area contributed by atoms with Crippen LogP contribution in [0.1, 0.15) is 19.4 Å². The first-order valence-electron chi connectivity index (χ1n) is 6.56. The second-order valence-electron chi connectivity index (χ2n) is 5.46. The van der Waals surface area contributed by atoms with Gasteiger partial charge in [0, 0.05) is 10.3 Å². The normalized spacial score (nSPS) is 19.6. The fraction of sp³-hybridized carbons (Fsp3) is 0.600. The molecule has 1 saturated heterocycles. The van der Waals surface area contributed by atoms with Crippen LogP contribution in [0.2, 0.25) is 0 Å². The first-order valence-corrected chi connectivity index (χ1v) is 7.79. The van der Waals surface area contributed by atoms with Crippen LogP contribution >= 0.6 is 11.8 Å². The molecule has 0 saturated carbocycles. The standard InChI is InChI=1S/C15H23NOS/c1-11(2)14(8-16)15(9-17-10-15)12-4-6-13(18-3)7-5-12/h4-7,11,14H,8-10,16H2,1-3H3. The molecule has 18 heavy (non-hydrogen) atoms. The van der Waals surface area contributed by atoms with Crippen molar-refractivity contribution in [2.75, 3.05) is 26.0 Å². The molecule has 0 bridgehead atoms. The second-order valence-corrected chi connectivity index (χ2v) is 6.34. The molecule has 0 aromatic heterocycles. The lowest BCUT2D eigenvalue weighted by Crippen LogP contribution is -2.56. The molecule has 3 heteroatoms. The van der Waals surface area contributed by atoms with E-state index in [2.05, 4.69) is 44.4 Å². The molecular formula is C15H23NOS. The average Bonchev–Trinajstić information content (AvgIpc) is 2.33. The molecule has 1 atom stereocenters. The third-order valence-electron chi connectivity index (χ3n) is 4.15. The van der Waals surface area contributed by atoms with Gasteiger partial charge in [0.25, 0.3) is 0 Å². The van der Waals surface area contributed by atoms with Gasteiger partial charge in [-0.25, -0.2) is 0 Å². The lowest BCUT2D eigenvalue weighted by molar-refractivity contribution is -0.0982. The van der Waals surface area contributed by atoms with E-state index >= 15 is 0 Å². The van der Waals surface area contributed by atoms with Gasteiger partial charge < -0.3 is 10.5 Å². The summed E-state index contributed by atoms with van der Waals surface area (Å²) in [5.74, 6) is 1.07. The maximum absolute atomic E-state index is 6.00. The van der Waals surface area contributed by atoms with Gasteiger partial charge >= 0.3 is 0 Å². The monoisotopic (exact) mass is 265 g/mol. The van der Waals surface area contributed by atoms with Crippen LogP contribution < -0.4 is 5.73 Å².